The first kappa shape index (κ1) is 24.7. The standard InChI is InChI=1S/C22H18F3N3O5S/c23-22(24,25)17-7-4-6-16(12-17)14-26-21(29)15-27(18-8-5-9-19(13-18)28(30)31)34(32,33)20-10-2-1-3-11-20/h1-13H,14-15H2,(H,26,29). The van der Waals surface area contributed by atoms with E-state index in [0.29, 0.717) is 4.31 Å². The lowest BCUT2D eigenvalue weighted by Crippen LogP contribution is -2.40. The van der Waals surface area contributed by atoms with Crippen LogP contribution in [0.5, 0.6) is 0 Å². The molecule has 0 aliphatic carbocycles. The smallest absolute Gasteiger partial charge is 0.350 e. The number of halogens is 3. The summed E-state index contributed by atoms with van der Waals surface area (Å²) in [6, 6.07) is 16.3. The second kappa shape index (κ2) is 9.91. The molecule has 0 saturated heterocycles. The van der Waals surface area contributed by atoms with Gasteiger partial charge in [0.05, 0.1) is 21.1 Å². The maximum absolute atomic E-state index is 13.2. The van der Waals surface area contributed by atoms with Crippen molar-refractivity contribution in [1.82, 2.24) is 5.32 Å². The minimum Gasteiger partial charge on any atom is -0.350 e. The number of hydrogen-bond donors (Lipinski definition) is 1. The van der Waals surface area contributed by atoms with Crippen LogP contribution in [0.2, 0.25) is 0 Å². The molecule has 0 aliphatic heterocycles. The molecule has 0 heterocycles. The number of carbonyl (C=O) groups is 1. The highest BCUT2D eigenvalue weighted by Gasteiger charge is 2.31. The molecule has 178 valence electrons. The lowest BCUT2D eigenvalue weighted by molar-refractivity contribution is -0.384. The molecule has 0 atom stereocenters. The van der Waals surface area contributed by atoms with Crippen LogP contribution in [-0.2, 0) is 27.5 Å². The molecule has 3 rings (SSSR count). The van der Waals surface area contributed by atoms with E-state index in [4.69, 9.17) is 0 Å². The van der Waals surface area contributed by atoms with Crippen molar-refractivity contribution in [3.63, 3.8) is 0 Å². The monoisotopic (exact) mass is 493 g/mol. The van der Waals surface area contributed by atoms with Crippen LogP contribution in [0.25, 0.3) is 0 Å². The van der Waals surface area contributed by atoms with Crippen molar-refractivity contribution in [1.29, 1.82) is 0 Å². The van der Waals surface area contributed by atoms with Gasteiger partial charge in [-0.15, -0.1) is 0 Å². The minimum atomic E-state index is -4.55. The third-order valence-corrected chi connectivity index (χ3v) is 6.48. The fourth-order valence-electron chi connectivity index (χ4n) is 3.04. The molecule has 0 bridgehead atoms. The lowest BCUT2D eigenvalue weighted by atomic mass is 10.1. The summed E-state index contributed by atoms with van der Waals surface area (Å²) in [4.78, 5) is 22.9. The molecular formula is C22H18F3N3O5S. The van der Waals surface area contributed by atoms with E-state index in [1.807, 2.05) is 0 Å². The molecule has 0 fully saturated rings. The van der Waals surface area contributed by atoms with Gasteiger partial charge in [0, 0.05) is 18.7 Å². The van der Waals surface area contributed by atoms with Crippen molar-refractivity contribution in [2.75, 3.05) is 10.8 Å². The zero-order valence-corrected chi connectivity index (χ0v) is 18.2. The summed E-state index contributed by atoms with van der Waals surface area (Å²) in [5.41, 5.74) is -1.22. The normalized spacial score (nSPS) is 11.6. The van der Waals surface area contributed by atoms with Gasteiger partial charge in [0.2, 0.25) is 5.91 Å². The fraction of sp³-hybridized carbons (Fsp3) is 0.136. The summed E-state index contributed by atoms with van der Waals surface area (Å²) in [7, 11) is -4.30. The van der Waals surface area contributed by atoms with E-state index in [9.17, 15) is 36.5 Å². The minimum absolute atomic E-state index is 0.118. The highest BCUT2D eigenvalue weighted by Crippen LogP contribution is 2.30. The van der Waals surface area contributed by atoms with E-state index in [1.54, 1.807) is 6.07 Å². The Kier molecular flexibility index (Phi) is 7.20. The van der Waals surface area contributed by atoms with Crippen molar-refractivity contribution in [3.05, 3.63) is 100 Å². The van der Waals surface area contributed by atoms with E-state index in [-0.39, 0.29) is 28.4 Å². The van der Waals surface area contributed by atoms with Crippen molar-refractivity contribution < 1.29 is 31.3 Å². The first-order valence-corrected chi connectivity index (χ1v) is 11.2. The van der Waals surface area contributed by atoms with Gasteiger partial charge in [-0.1, -0.05) is 36.4 Å². The summed E-state index contributed by atoms with van der Waals surface area (Å²) in [5, 5.41) is 13.5. The highest BCUT2D eigenvalue weighted by atomic mass is 32.2. The molecule has 0 unspecified atom stereocenters. The molecule has 0 aromatic heterocycles. The van der Waals surface area contributed by atoms with E-state index in [2.05, 4.69) is 5.32 Å². The summed E-state index contributed by atoms with van der Waals surface area (Å²) in [5.74, 6) is -0.816. The fourth-order valence-corrected chi connectivity index (χ4v) is 4.47. The average Bonchev–Trinajstić information content (AvgIpc) is 2.81. The number of non-ortho nitro benzene ring substituents is 1. The summed E-state index contributed by atoms with van der Waals surface area (Å²) < 4.78 is 65.9. The highest BCUT2D eigenvalue weighted by molar-refractivity contribution is 7.92. The van der Waals surface area contributed by atoms with Crippen molar-refractivity contribution >= 4 is 27.3 Å². The second-order valence-electron chi connectivity index (χ2n) is 7.08. The predicted molar refractivity (Wildman–Crippen MR) is 117 cm³/mol. The van der Waals surface area contributed by atoms with Crippen LogP contribution < -0.4 is 9.62 Å². The van der Waals surface area contributed by atoms with Crippen molar-refractivity contribution in [2.24, 2.45) is 0 Å². The van der Waals surface area contributed by atoms with Crippen molar-refractivity contribution in [2.45, 2.75) is 17.6 Å². The maximum atomic E-state index is 13.2. The number of sulfonamides is 1. The number of nitro groups is 1. The number of hydrogen-bond acceptors (Lipinski definition) is 5. The van der Waals surface area contributed by atoms with Crippen LogP contribution in [0.1, 0.15) is 11.1 Å². The zero-order chi connectivity index (χ0) is 24.9. The Hall–Kier alpha value is -3.93. The number of carbonyl (C=O) groups excluding carboxylic acids is 1. The van der Waals surface area contributed by atoms with E-state index >= 15 is 0 Å². The first-order chi connectivity index (χ1) is 16.0. The maximum Gasteiger partial charge on any atom is 0.416 e. The van der Waals surface area contributed by atoms with Crippen molar-refractivity contribution in [3.8, 4) is 0 Å². The molecule has 8 nitrogen and oxygen atoms in total. The second-order valence-corrected chi connectivity index (χ2v) is 8.94. The van der Waals surface area contributed by atoms with E-state index in [0.717, 1.165) is 18.2 Å². The van der Waals surface area contributed by atoms with Crippen LogP contribution in [0.4, 0.5) is 24.5 Å². The third-order valence-electron chi connectivity index (χ3n) is 4.69. The molecule has 3 aromatic rings. The molecule has 12 heteroatoms. The van der Waals surface area contributed by atoms with Gasteiger partial charge < -0.3 is 5.32 Å². The van der Waals surface area contributed by atoms with Gasteiger partial charge in [0.1, 0.15) is 6.54 Å². The Morgan fingerprint density at radius 1 is 0.971 bits per heavy atom. The molecule has 3 aromatic carbocycles. The first-order valence-electron chi connectivity index (χ1n) is 9.73. The molecule has 0 radical (unpaired) electrons. The van der Waals surface area contributed by atoms with Crippen LogP contribution >= 0.6 is 0 Å². The van der Waals surface area contributed by atoms with Crippen LogP contribution in [0.15, 0.2) is 83.8 Å². The van der Waals surface area contributed by atoms with Gasteiger partial charge in [0.25, 0.3) is 15.7 Å². The average molecular weight is 493 g/mol. The topological polar surface area (TPSA) is 110 Å². The van der Waals surface area contributed by atoms with E-state index in [1.165, 1.54) is 54.6 Å². The summed E-state index contributed by atoms with van der Waals surface area (Å²) in [6.45, 7) is -1.03. The number of nitrogens with one attached hydrogen (secondary N) is 1. The number of rotatable bonds is 8. The van der Waals surface area contributed by atoms with E-state index < -0.39 is 39.1 Å². The molecule has 34 heavy (non-hydrogen) atoms. The predicted octanol–water partition coefficient (Wildman–Crippen LogP) is 4.13. The Morgan fingerprint density at radius 2 is 1.65 bits per heavy atom. The zero-order valence-electron chi connectivity index (χ0n) is 17.4. The number of alkyl halides is 3. The molecule has 1 N–H and O–H groups in total. The Bertz CT molecular complexity index is 1300. The number of amides is 1. The number of nitrogens with zero attached hydrogens (tertiary/aromatic N) is 2. The number of benzene rings is 3. The van der Waals surface area contributed by atoms with Gasteiger partial charge in [-0.3, -0.25) is 19.2 Å². The van der Waals surface area contributed by atoms with Gasteiger partial charge in [-0.25, -0.2) is 8.42 Å². The molecule has 0 saturated carbocycles. The van der Waals surface area contributed by atoms with Gasteiger partial charge in [0.15, 0.2) is 0 Å². The number of nitro benzene ring substituents is 1. The van der Waals surface area contributed by atoms with Crippen LogP contribution in [-0.4, -0.2) is 25.8 Å². The Balaban J connectivity index is 1.87. The Morgan fingerprint density at radius 3 is 2.29 bits per heavy atom. The lowest BCUT2D eigenvalue weighted by Gasteiger charge is -2.24. The summed E-state index contributed by atoms with van der Waals surface area (Å²) >= 11 is 0. The molecule has 0 spiro atoms. The van der Waals surface area contributed by atoms with Gasteiger partial charge in [-0.05, 0) is 35.9 Å². The van der Waals surface area contributed by atoms with Crippen LogP contribution in [0, 0.1) is 10.1 Å². The molecule has 1 amide bonds. The quantitative estimate of drug-likeness (QED) is 0.375. The number of anilines is 1. The third kappa shape index (κ3) is 5.90. The van der Waals surface area contributed by atoms with Gasteiger partial charge >= 0.3 is 6.18 Å². The molecular weight excluding hydrogens is 475 g/mol. The van der Waals surface area contributed by atoms with Gasteiger partial charge in [-0.2, -0.15) is 13.2 Å². The Labute approximate surface area is 192 Å². The molecule has 0 aliphatic rings. The SMILES string of the molecule is O=C(CN(c1cccc([N+](=O)[O-])c1)S(=O)(=O)c1ccccc1)NCc1cccc(C(F)(F)F)c1. The largest absolute Gasteiger partial charge is 0.416 e. The van der Waals surface area contributed by atoms with Crippen LogP contribution in [0.3, 0.4) is 0 Å². The summed E-state index contributed by atoms with van der Waals surface area (Å²) in [6.07, 6.45) is -4.55.